The summed E-state index contributed by atoms with van der Waals surface area (Å²) in [6, 6.07) is 12.1. The normalized spacial score (nSPS) is 22.6. The third kappa shape index (κ3) is 2.87. The first-order valence-electron chi connectivity index (χ1n) is 8.25. The zero-order valence-electron chi connectivity index (χ0n) is 14.8. The first-order valence-corrected chi connectivity index (χ1v) is 9.69. The van der Waals surface area contributed by atoms with E-state index in [9.17, 15) is 18.3 Å². The van der Waals surface area contributed by atoms with Crippen LogP contribution in [0.5, 0.6) is 5.75 Å². The Morgan fingerprint density at radius 2 is 1.73 bits per heavy atom. The van der Waals surface area contributed by atoms with Gasteiger partial charge in [0.2, 0.25) is 0 Å². The van der Waals surface area contributed by atoms with Crippen LogP contribution >= 0.6 is 0 Å². The van der Waals surface area contributed by atoms with Gasteiger partial charge in [0, 0.05) is 5.56 Å². The molecule has 0 aliphatic carbocycles. The number of aliphatic hydroxyl groups excluding tert-OH is 1. The van der Waals surface area contributed by atoms with Crippen LogP contribution in [0.25, 0.3) is 0 Å². The number of para-hydroxylation sites is 1. The summed E-state index contributed by atoms with van der Waals surface area (Å²) in [5.41, 5.74) is 0.823. The second-order valence-corrected chi connectivity index (χ2v) is 8.17. The van der Waals surface area contributed by atoms with E-state index in [-0.39, 0.29) is 10.7 Å². The van der Waals surface area contributed by atoms with Crippen LogP contribution in [0.3, 0.4) is 0 Å². The highest BCUT2D eigenvalue weighted by Gasteiger charge is 2.45. The summed E-state index contributed by atoms with van der Waals surface area (Å²) < 4.78 is 33.0. The quantitative estimate of drug-likeness (QED) is 0.888. The molecule has 0 spiro atoms. The predicted molar refractivity (Wildman–Crippen MR) is 97.7 cm³/mol. The van der Waals surface area contributed by atoms with Crippen LogP contribution in [-0.2, 0) is 14.8 Å². The first kappa shape index (κ1) is 18.4. The molecule has 1 aliphatic heterocycles. The fraction of sp³-hybridized carbons (Fsp3) is 0.316. The first-order chi connectivity index (χ1) is 12.3. The standard InChI is InChI=1S/C19H21NO5S/c1-12-18(13(2)21)19(22)16-6-4-5-7-17(16)20(12)26(23,24)15-10-8-14(25-3)9-11-15/h4-12,18-19,22H,1-3H3/t12-,18+,19-/m1/s1. The Kier molecular flexibility index (Phi) is 4.77. The van der Waals surface area contributed by atoms with Crippen LogP contribution in [-0.4, -0.2) is 32.5 Å². The smallest absolute Gasteiger partial charge is 0.264 e. The van der Waals surface area contributed by atoms with Gasteiger partial charge in [-0.3, -0.25) is 9.10 Å². The van der Waals surface area contributed by atoms with E-state index in [0.29, 0.717) is 17.0 Å². The lowest BCUT2D eigenvalue weighted by Crippen LogP contribution is -2.50. The molecule has 0 radical (unpaired) electrons. The average Bonchev–Trinajstić information content (AvgIpc) is 2.61. The van der Waals surface area contributed by atoms with Crippen molar-refractivity contribution in [3.8, 4) is 5.75 Å². The Labute approximate surface area is 153 Å². The van der Waals surface area contributed by atoms with Crippen molar-refractivity contribution in [1.29, 1.82) is 0 Å². The monoisotopic (exact) mass is 375 g/mol. The molecule has 26 heavy (non-hydrogen) atoms. The molecule has 0 saturated heterocycles. The minimum Gasteiger partial charge on any atom is -0.497 e. The SMILES string of the molecule is COc1ccc(S(=O)(=O)N2c3ccccc3[C@@H](O)[C@H](C(C)=O)[C@H]2C)cc1. The molecule has 7 heteroatoms. The second-order valence-electron chi connectivity index (χ2n) is 6.36. The number of Topliss-reactive ketones (excluding diaryl/α,β-unsaturated/α-hetero) is 1. The number of rotatable bonds is 4. The van der Waals surface area contributed by atoms with Gasteiger partial charge < -0.3 is 9.84 Å². The molecule has 1 N–H and O–H groups in total. The van der Waals surface area contributed by atoms with Crippen molar-refractivity contribution >= 4 is 21.5 Å². The minimum absolute atomic E-state index is 0.0960. The van der Waals surface area contributed by atoms with Gasteiger partial charge in [-0.2, -0.15) is 0 Å². The molecule has 2 aromatic carbocycles. The molecule has 3 rings (SSSR count). The van der Waals surface area contributed by atoms with E-state index >= 15 is 0 Å². The lowest BCUT2D eigenvalue weighted by molar-refractivity contribution is -0.125. The Balaban J connectivity index is 2.17. The second kappa shape index (κ2) is 6.74. The van der Waals surface area contributed by atoms with E-state index < -0.39 is 28.1 Å². The van der Waals surface area contributed by atoms with Crippen LogP contribution in [0.4, 0.5) is 5.69 Å². The lowest BCUT2D eigenvalue weighted by atomic mass is 9.83. The van der Waals surface area contributed by atoms with Gasteiger partial charge in [0.1, 0.15) is 11.5 Å². The Morgan fingerprint density at radius 1 is 1.12 bits per heavy atom. The fourth-order valence-electron chi connectivity index (χ4n) is 3.53. The summed E-state index contributed by atoms with van der Waals surface area (Å²) in [5.74, 6) is -0.541. The number of aliphatic hydroxyl groups is 1. The van der Waals surface area contributed by atoms with Gasteiger partial charge in [-0.25, -0.2) is 8.42 Å². The van der Waals surface area contributed by atoms with E-state index in [1.807, 2.05) is 0 Å². The Morgan fingerprint density at radius 3 is 2.31 bits per heavy atom. The molecule has 0 unspecified atom stereocenters. The van der Waals surface area contributed by atoms with Crippen molar-refractivity contribution in [2.75, 3.05) is 11.4 Å². The molecule has 2 aromatic rings. The number of sulfonamides is 1. The van der Waals surface area contributed by atoms with Crippen molar-refractivity contribution in [3.05, 3.63) is 54.1 Å². The summed E-state index contributed by atoms with van der Waals surface area (Å²) in [6.45, 7) is 3.02. The van der Waals surface area contributed by atoms with Gasteiger partial charge in [-0.15, -0.1) is 0 Å². The lowest BCUT2D eigenvalue weighted by Gasteiger charge is -2.42. The van der Waals surface area contributed by atoms with E-state index in [2.05, 4.69) is 0 Å². The van der Waals surface area contributed by atoms with Crippen LogP contribution < -0.4 is 9.04 Å². The molecule has 0 saturated carbocycles. The molecule has 3 atom stereocenters. The number of nitrogens with zero attached hydrogens (tertiary/aromatic N) is 1. The highest BCUT2D eigenvalue weighted by molar-refractivity contribution is 7.92. The predicted octanol–water partition coefficient (Wildman–Crippen LogP) is 2.53. The van der Waals surface area contributed by atoms with Crippen molar-refractivity contribution < 1.29 is 23.1 Å². The van der Waals surface area contributed by atoms with E-state index in [4.69, 9.17) is 4.74 Å². The molecule has 0 aromatic heterocycles. The molecule has 0 bridgehead atoms. The number of carbonyl (C=O) groups excluding carboxylic acids is 1. The number of ether oxygens (including phenoxy) is 1. The molecule has 138 valence electrons. The summed E-state index contributed by atoms with van der Waals surface area (Å²) in [7, 11) is -2.42. The number of anilines is 1. The van der Waals surface area contributed by atoms with Gasteiger partial charge >= 0.3 is 0 Å². The molecule has 1 heterocycles. The maximum absolute atomic E-state index is 13.3. The largest absolute Gasteiger partial charge is 0.497 e. The molecule has 1 aliphatic rings. The number of methoxy groups -OCH3 is 1. The molecule has 0 amide bonds. The highest BCUT2D eigenvalue weighted by atomic mass is 32.2. The van der Waals surface area contributed by atoms with Gasteiger partial charge in [-0.1, -0.05) is 18.2 Å². The average molecular weight is 375 g/mol. The summed E-state index contributed by atoms with van der Waals surface area (Å²) in [5, 5.41) is 10.6. The van der Waals surface area contributed by atoms with E-state index in [1.165, 1.54) is 30.5 Å². The van der Waals surface area contributed by atoms with Crippen molar-refractivity contribution in [2.45, 2.75) is 30.9 Å². The van der Waals surface area contributed by atoms with Crippen molar-refractivity contribution in [3.63, 3.8) is 0 Å². The number of carbonyl (C=O) groups is 1. The molecular weight excluding hydrogens is 354 g/mol. The van der Waals surface area contributed by atoms with Crippen LogP contribution in [0.2, 0.25) is 0 Å². The zero-order chi connectivity index (χ0) is 19.1. The summed E-state index contributed by atoms with van der Waals surface area (Å²) in [6.07, 6.45) is -1.04. The Bertz CT molecular complexity index is 923. The van der Waals surface area contributed by atoms with Crippen molar-refractivity contribution in [1.82, 2.24) is 0 Å². The van der Waals surface area contributed by atoms with Crippen molar-refractivity contribution in [2.24, 2.45) is 5.92 Å². The summed E-state index contributed by atoms with van der Waals surface area (Å²) in [4.78, 5) is 12.2. The van der Waals surface area contributed by atoms with Gasteiger partial charge in [-0.05, 0) is 44.2 Å². The number of hydrogen-bond acceptors (Lipinski definition) is 5. The fourth-order valence-corrected chi connectivity index (χ4v) is 5.23. The highest BCUT2D eigenvalue weighted by Crippen LogP contribution is 2.43. The van der Waals surface area contributed by atoms with E-state index in [1.54, 1.807) is 43.3 Å². The molecule has 0 fully saturated rings. The molecule has 6 nitrogen and oxygen atoms in total. The van der Waals surface area contributed by atoms with Gasteiger partial charge in [0.05, 0.1) is 35.8 Å². The van der Waals surface area contributed by atoms with Gasteiger partial charge in [0.15, 0.2) is 0 Å². The van der Waals surface area contributed by atoms with Crippen LogP contribution in [0.15, 0.2) is 53.4 Å². The molecular formula is C19H21NO5S. The topological polar surface area (TPSA) is 83.9 Å². The maximum Gasteiger partial charge on any atom is 0.264 e. The van der Waals surface area contributed by atoms with Crippen LogP contribution in [0.1, 0.15) is 25.5 Å². The number of fused-ring (bicyclic) bond motifs is 1. The third-order valence-corrected chi connectivity index (χ3v) is 6.72. The number of benzene rings is 2. The summed E-state index contributed by atoms with van der Waals surface area (Å²) >= 11 is 0. The number of ketones is 1. The third-order valence-electron chi connectivity index (χ3n) is 4.81. The van der Waals surface area contributed by atoms with Crippen LogP contribution in [0, 0.1) is 5.92 Å². The Hall–Kier alpha value is -2.38. The van der Waals surface area contributed by atoms with E-state index in [0.717, 1.165) is 0 Å². The number of hydrogen-bond donors (Lipinski definition) is 1. The minimum atomic E-state index is -3.93. The zero-order valence-corrected chi connectivity index (χ0v) is 15.6. The van der Waals surface area contributed by atoms with Gasteiger partial charge in [0.25, 0.3) is 10.0 Å². The maximum atomic E-state index is 13.3.